The lowest BCUT2D eigenvalue weighted by Gasteiger charge is -2.27. The van der Waals surface area contributed by atoms with Crippen LogP contribution < -0.4 is 15.1 Å². The van der Waals surface area contributed by atoms with Crippen LogP contribution in [0.25, 0.3) is 11.5 Å². The molecule has 0 saturated carbocycles. The SMILES string of the molecule is Cn1cc(NC(=O)c2coc(-c3ccnc(N(CC(F)(F)F)C(=O)OC(C)(C)C)c3)n2)c(N2CC(C=O)CC2=O)n1. The molecule has 41 heavy (non-hydrogen) atoms. The summed E-state index contributed by atoms with van der Waals surface area (Å²) in [5.41, 5.74) is -0.927. The first kappa shape index (κ1) is 29.2. The summed E-state index contributed by atoms with van der Waals surface area (Å²) in [6.45, 7) is 3.01. The monoisotopic (exact) mass is 577 g/mol. The molecular weight excluding hydrogens is 551 g/mol. The van der Waals surface area contributed by atoms with Crippen LogP contribution in [0.15, 0.2) is 35.2 Å². The van der Waals surface area contributed by atoms with Gasteiger partial charge in [-0.05, 0) is 32.9 Å². The van der Waals surface area contributed by atoms with Crippen molar-refractivity contribution in [2.75, 3.05) is 28.2 Å². The van der Waals surface area contributed by atoms with Crippen LogP contribution in [0.3, 0.4) is 0 Å². The Labute approximate surface area is 231 Å². The topological polar surface area (TPSA) is 153 Å². The number of ether oxygens (including phenoxy) is 1. The molecule has 16 heteroatoms. The number of halogens is 3. The van der Waals surface area contributed by atoms with E-state index in [1.165, 1.54) is 42.6 Å². The van der Waals surface area contributed by atoms with Crippen LogP contribution in [0.1, 0.15) is 37.7 Å². The minimum atomic E-state index is -4.75. The number of anilines is 3. The highest BCUT2D eigenvalue weighted by atomic mass is 19.4. The van der Waals surface area contributed by atoms with Gasteiger partial charge in [-0.3, -0.25) is 24.1 Å². The predicted octanol–water partition coefficient (Wildman–Crippen LogP) is 3.58. The highest BCUT2D eigenvalue weighted by Crippen LogP contribution is 2.31. The van der Waals surface area contributed by atoms with Crippen LogP contribution in [0, 0.1) is 5.92 Å². The van der Waals surface area contributed by atoms with Crippen molar-refractivity contribution in [2.45, 2.75) is 39.0 Å². The second-order valence-corrected chi connectivity index (χ2v) is 10.2. The number of hydrogen-bond donors (Lipinski definition) is 1. The third kappa shape index (κ3) is 7.06. The van der Waals surface area contributed by atoms with E-state index in [1.807, 2.05) is 0 Å². The van der Waals surface area contributed by atoms with Gasteiger partial charge in [0, 0.05) is 37.7 Å². The second-order valence-electron chi connectivity index (χ2n) is 10.2. The fourth-order valence-corrected chi connectivity index (χ4v) is 3.93. The molecule has 1 aliphatic rings. The number of aldehydes is 1. The molecule has 1 N–H and O–H groups in total. The standard InChI is InChI=1S/C25H26F3N7O6/c1-24(2,3)41-23(39)35(13-25(26,27)28)18-8-15(5-6-29-18)22-31-17(12-40-22)21(38)30-16-10-33(4)32-20(16)34-9-14(11-36)7-19(34)37/h5-6,8,10-12,14H,7,9,13H2,1-4H3,(H,30,38). The minimum absolute atomic E-state index is 0.0301. The lowest BCUT2D eigenvalue weighted by atomic mass is 10.1. The molecule has 0 radical (unpaired) electrons. The molecular formula is C25H26F3N7O6. The zero-order valence-corrected chi connectivity index (χ0v) is 22.4. The normalized spacial score (nSPS) is 15.6. The van der Waals surface area contributed by atoms with Crippen molar-refractivity contribution in [1.29, 1.82) is 0 Å². The number of aryl methyl sites for hydroxylation is 1. The number of nitrogens with one attached hydrogen (secondary N) is 1. The molecule has 1 atom stereocenters. The van der Waals surface area contributed by atoms with E-state index in [4.69, 9.17) is 9.15 Å². The molecule has 0 aliphatic carbocycles. The largest absolute Gasteiger partial charge is 0.444 e. The second kappa shape index (κ2) is 11.0. The Hall–Kier alpha value is -4.76. The fourth-order valence-electron chi connectivity index (χ4n) is 3.93. The van der Waals surface area contributed by atoms with Gasteiger partial charge in [-0.2, -0.15) is 18.3 Å². The Balaban J connectivity index is 1.55. The molecule has 0 aromatic carbocycles. The zero-order valence-electron chi connectivity index (χ0n) is 22.4. The quantitative estimate of drug-likeness (QED) is 0.415. The maximum atomic E-state index is 13.3. The molecule has 3 amide bonds. The molecule has 3 aromatic rings. The van der Waals surface area contributed by atoms with Crippen molar-refractivity contribution >= 4 is 41.5 Å². The third-order valence-corrected chi connectivity index (χ3v) is 5.62. The predicted molar refractivity (Wildman–Crippen MR) is 137 cm³/mol. The summed E-state index contributed by atoms with van der Waals surface area (Å²) >= 11 is 0. The molecule has 4 rings (SSSR count). The van der Waals surface area contributed by atoms with Crippen molar-refractivity contribution in [3.63, 3.8) is 0 Å². The molecule has 4 heterocycles. The molecule has 0 spiro atoms. The molecule has 218 valence electrons. The molecule has 13 nitrogen and oxygen atoms in total. The van der Waals surface area contributed by atoms with Crippen molar-refractivity contribution < 1.29 is 41.5 Å². The Kier molecular flexibility index (Phi) is 7.85. The Morgan fingerprint density at radius 2 is 2.02 bits per heavy atom. The Bertz CT molecular complexity index is 1480. The van der Waals surface area contributed by atoms with Gasteiger partial charge < -0.3 is 19.3 Å². The van der Waals surface area contributed by atoms with E-state index in [1.54, 1.807) is 7.05 Å². The summed E-state index contributed by atoms with van der Waals surface area (Å²) in [7, 11) is 1.59. The lowest BCUT2D eigenvalue weighted by Crippen LogP contribution is -2.42. The van der Waals surface area contributed by atoms with E-state index in [9.17, 15) is 32.3 Å². The van der Waals surface area contributed by atoms with Gasteiger partial charge in [-0.15, -0.1) is 0 Å². The molecule has 1 aliphatic heterocycles. The summed E-state index contributed by atoms with van der Waals surface area (Å²) in [6, 6.07) is 2.52. The number of oxazole rings is 1. The highest BCUT2D eigenvalue weighted by Gasteiger charge is 2.37. The summed E-state index contributed by atoms with van der Waals surface area (Å²) < 4.78 is 51.7. The number of carbonyl (C=O) groups is 4. The molecule has 1 saturated heterocycles. The average molecular weight is 578 g/mol. The van der Waals surface area contributed by atoms with E-state index in [2.05, 4.69) is 20.4 Å². The Morgan fingerprint density at radius 3 is 2.66 bits per heavy atom. The van der Waals surface area contributed by atoms with E-state index in [0.29, 0.717) is 11.2 Å². The molecule has 0 bridgehead atoms. The van der Waals surface area contributed by atoms with Gasteiger partial charge in [-0.1, -0.05) is 0 Å². The number of hydrogen-bond acceptors (Lipinski definition) is 9. The van der Waals surface area contributed by atoms with Crippen LogP contribution in [0.2, 0.25) is 0 Å². The first-order valence-electron chi connectivity index (χ1n) is 12.2. The van der Waals surface area contributed by atoms with Crippen molar-refractivity contribution in [3.8, 4) is 11.5 Å². The van der Waals surface area contributed by atoms with Crippen molar-refractivity contribution in [1.82, 2.24) is 19.7 Å². The van der Waals surface area contributed by atoms with Crippen LogP contribution in [-0.2, 0) is 21.4 Å². The van der Waals surface area contributed by atoms with Crippen LogP contribution in [0.5, 0.6) is 0 Å². The van der Waals surface area contributed by atoms with E-state index >= 15 is 0 Å². The van der Waals surface area contributed by atoms with Crippen LogP contribution in [-0.4, -0.2) is 68.8 Å². The maximum absolute atomic E-state index is 13.3. The number of aromatic nitrogens is 4. The summed E-state index contributed by atoms with van der Waals surface area (Å²) in [6.07, 6.45) is -1.62. The number of pyridine rings is 1. The van der Waals surface area contributed by atoms with Gasteiger partial charge in [0.05, 0.1) is 6.20 Å². The highest BCUT2D eigenvalue weighted by molar-refractivity contribution is 6.07. The number of nitrogens with zero attached hydrogens (tertiary/aromatic N) is 6. The Morgan fingerprint density at radius 1 is 1.29 bits per heavy atom. The van der Waals surface area contributed by atoms with E-state index in [0.717, 1.165) is 18.5 Å². The van der Waals surface area contributed by atoms with Gasteiger partial charge in [0.15, 0.2) is 11.5 Å². The summed E-state index contributed by atoms with van der Waals surface area (Å²) in [4.78, 5) is 58.6. The van der Waals surface area contributed by atoms with Crippen LogP contribution in [0.4, 0.5) is 35.3 Å². The number of alkyl halides is 3. The maximum Gasteiger partial charge on any atom is 0.416 e. The fraction of sp³-hybridized carbons (Fsp3) is 0.400. The van der Waals surface area contributed by atoms with Gasteiger partial charge in [0.2, 0.25) is 11.8 Å². The smallest absolute Gasteiger partial charge is 0.416 e. The first-order chi connectivity index (χ1) is 19.1. The van der Waals surface area contributed by atoms with Gasteiger partial charge in [-0.25, -0.2) is 14.8 Å². The van der Waals surface area contributed by atoms with E-state index in [-0.39, 0.29) is 53.3 Å². The van der Waals surface area contributed by atoms with Gasteiger partial charge in [0.25, 0.3) is 5.91 Å². The average Bonchev–Trinajstić information content (AvgIpc) is 3.59. The van der Waals surface area contributed by atoms with Crippen LogP contribution >= 0.6 is 0 Å². The minimum Gasteiger partial charge on any atom is -0.444 e. The first-order valence-corrected chi connectivity index (χ1v) is 12.2. The molecule has 1 fully saturated rings. The van der Waals surface area contributed by atoms with Gasteiger partial charge >= 0.3 is 12.3 Å². The molecule has 3 aromatic heterocycles. The summed E-state index contributed by atoms with van der Waals surface area (Å²) in [5, 5.41) is 6.82. The number of carbonyl (C=O) groups excluding carboxylic acids is 4. The number of rotatable bonds is 7. The zero-order chi connectivity index (χ0) is 30.1. The van der Waals surface area contributed by atoms with E-state index < -0.39 is 36.2 Å². The summed E-state index contributed by atoms with van der Waals surface area (Å²) in [5.74, 6) is -1.88. The molecule has 1 unspecified atom stereocenters. The number of amides is 3. The lowest BCUT2D eigenvalue weighted by molar-refractivity contribution is -0.120. The van der Waals surface area contributed by atoms with Crippen molar-refractivity contribution in [3.05, 3.63) is 36.5 Å². The van der Waals surface area contributed by atoms with Crippen molar-refractivity contribution in [2.24, 2.45) is 13.0 Å². The van der Waals surface area contributed by atoms with Gasteiger partial charge in [0.1, 0.15) is 36.2 Å². The third-order valence-electron chi connectivity index (χ3n) is 5.62.